The second-order valence-corrected chi connectivity index (χ2v) is 2.46. The smallest absolute Gasteiger partial charge is 0.252 e. The van der Waals surface area contributed by atoms with Crippen LogP contribution < -0.4 is 5.73 Å². The van der Waals surface area contributed by atoms with E-state index >= 15 is 0 Å². The van der Waals surface area contributed by atoms with Crippen molar-refractivity contribution >= 4 is 12.0 Å². The minimum atomic E-state index is -0.683. The number of hydrogen-bond acceptors (Lipinski definition) is 3. The molecule has 0 fully saturated rings. The molecule has 0 heterocycles. The molecule has 0 aliphatic carbocycles. The second kappa shape index (κ2) is 3.62. The maximum absolute atomic E-state index is 10.7. The van der Waals surface area contributed by atoms with Gasteiger partial charge in [-0.25, -0.2) is 0 Å². The van der Waals surface area contributed by atoms with Gasteiger partial charge in [0.15, 0.2) is 0 Å². The lowest BCUT2D eigenvalue weighted by Crippen LogP contribution is -2.10. The zero-order valence-electron chi connectivity index (χ0n) is 6.77. The van der Waals surface area contributed by atoms with Crippen molar-refractivity contribution in [2.45, 2.75) is 0 Å². The number of rotatable bonds is 2. The summed E-state index contributed by atoms with van der Waals surface area (Å²) in [6, 6.07) is 4.30. The van der Waals surface area contributed by atoms with Gasteiger partial charge in [0, 0.05) is 0 Å². The molecule has 13 heavy (non-hydrogen) atoms. The summed E-state index contributed by atoms with van der Waals surface area (Å²) in [6.07, 6.45) is 2.23. The Morgan fingerprint density at radius 2 is 2.15 bits per heavy atom. The van der Waals surface area contributed by atoms with E-state index in [1.165, 1.54) is 18.2 Å². The number of carbonyl (C=O) groups is 1. The highest BCUT2D eigenvalue weighted by atomic mass is 16.3. The number of primary amides is 1. The van der Waals surface area contributed by atoms with E-state index in [9.17, 15) is 9.90 Å². The molecule has 1 aromatic rings. The van der Waals surface area contributed by atoms with Crippen molar-refractivity contribution in [1.29, 1.82) is 0 Å². The van der Waals surface area contributed by atoms with Crippen LogP contribution in [-0.4, -0.2) is 16.1 Å². The van der Waals surface area contributed by atoms with Crippen molar-refractivity contribution in [2.75, 3.05) is 0 Å². The quantitative estimate of drug-likeness (QED) is 0.592. The van der Waals surface area contributed by atoms with E-state index in [-0.39, 0.29) is 11.3 Å². The lowest BCUT2D eigenvalue weighted by atomic mass is 10.1. The zero-order valence-corrected chi connectivity index (χ0v) is 6.77. The average molecular weight is 179 g/mol. The number of nitrogens with two attached hydrogens (primary N) is 1. The van der Waals surface area contributed by atoms with Crippen LogP contribution in [0, 0.1) is 0 Å². The molecule has 4 N–H and O–H groups in total. The largest absolute Gasteiger partial charge is 0.516 e. The van der Waals surface area contributed by atoms with E-state index in [4.69, 9.17) is 10.8 Å². The van der Waals surface area contributed by atoms with Crippen molar-refractivity contribution in [3.8, 4) is 5.75 Å². The number of hydrogen-bond donors (Lipinski definition) is 3. The monoisotopic (exact) mass is 179 g/mol. The normalized spacial score (nSPS) is 10.5. The summed E-state index contributed by atoms with van der Waals surface area (Å²) in [5.41, 5.74) is 5.63. The standard InChI is InChI=1S/C9H9NO3/c10-9(13)7-2-1-6(3-4-11)5-8(7)12/h1-5,11-12H,(H2,10,13)/b4-3+. The Morgan fingerprint density at radius 1 is 1.46 bits per heavy atom. The molecule has 0 radical (unpaired) electrons. The van der Waals surface area contributed by atoms with E-state index in [1.54, 1.807) is 6.07 Å². The van der Waals surface area contributed by atoms with E-state index in [1.807, 2.05) is 0 Å². The zero-order chi connectivity index (χ0) is 9.84. The third-order valence-electron chi connectivity index (χ3n) is 1.55. The van der Waals surface area contributed by atoms with Gasteiger partial charge in [0.25, 0.3) is 5.91 Å². The first kappa shape index (κ1) is 9.12. The summed E-state index contributed by atoms with van der Waals surface area (Å²) in [6.45, 7) is 0. The van der Waals surface area contributed by atoms with Crippen molar-refractivity contribution < 1.29 is 15.0 Å². The summed E-state index contributed by atoms with van der Waals surface area (Å²) in [5, 5.41) is 17.7. The second-order valence-electron chi connectivity index (χ2n) is 2.46. The van der Waals surface area contributed by atoms with E-state index in [2.05, 4.69) is 0 Å². The minimum absolute atomic E-state index is 0.0649. The molecule has 1 rings (SSSR count). The molecule has 1 aromatic carbocycles. The maximum atomic E-state index is 10.7. The topological polar surface area (TPSA) is 83.6 Å². The Kier molecular flexibility index (Phi) is 2.54. The third kappa shape index (κ3) is 1.99. The molecule has 1 amide bonds. The molecule has 0 atom stereocenters. The summed E-state index contributed by atoms with van der Waals surface area (Å²) in [4.78, 5) is 10.7. The number of aliphatic hydroxyl groups is 1. The molecule has 0 saturated heterocycles. The SMILES string of the molecule is NC(=O)c1ccc(/C=C/O)cc1O. The number of aliphatic hydroxyl groups excluding tert-OH is 1. The van der Waals surface area contributed by atoms with Gasteiger partial charge in [0.1, 0.15) is 5.75 Å². The van der Waals surface area contributed by atoms with Crippen molar-refractivity contribution in [2.24, 2.45) is 5.73 Å². The molecular weight excluding hydrogens is 170 g/mol. The van der Waals surface area contributed by atoms with Crippen LogP contribution >= 0.6 is 0 Å². The van der Waals surface area contributed by atoms with Crippen LogP contribution in [-0.2, 0) is 0 Å². The van der Waals surface area contributed by atoms with Crippen LogP contribution in [0.5, 0.6) is 5.75 Å². The Hall–Kier alpha value is -1.97. The summed E-state index contributed by atoms with van der Waals surface area (Å²) < 4.78 is 0. The number of benzene rings is 1. The lowest BCUT2D eigenvalue weighted by Gasteiger charge is -2.00. The molecule has 0 aliphatic heterocycles. The fourth-order valence-electron chi connectivity index (χ4n) is 0.947. The molecule has 4 nitrogen and oxygen atoms in total. The lowest BCUT2D eigenvalue weighted by molar-refractivity contribution is 0.0998. The van der Waals surface area contributed by atoms with Crippen molar-refractivity contribution in [3.05, 3.63) is 35.6 Å². The number of phenols is 1. The van der Waals surface area contributed by atoms with Crippen LogP contribution in [0.2, 0.25) is 0 Å². The first-order valence-corrected chi connectivity index (χ1v) is 3.58. The number of aromatic hydroxyl groups is 1. The number of carbonyl (C=O) groups excluding carboxylic acids is 1. The predicted octanol–water partition coefficient (Wildman–Crippen LogP) is 1.02. The fraction of sp³-hybridized carbons (Fsp3) is 0. The van der Waals surface area contributed by atoms with Crippen LogP contribution in [0.3, 0.4) is 0 Å². The van der Waals surface area contributed by atoms with E-state index < -0.39 is 5.91 Å². The number of amides is 1. The summed E-state index contributed by atoms with van der Waals surface area (Å²) in [5.74, 6) is -0.875. The minimum Gasteiger partial charge on any atom is -0.516 e. The highest BCUT2D eigenvalue weighted by molar-refractivity contribution is 5.95. The van der Waals surface area contributed by atoms with E-state index in [0.29, 0.717) is 5.56 Å². The third-order valence-corrected chi connectivity index (χ3v) is 1.55. The Morgan fingerprint density at radius 3 is 2.62 bits per heavy atom. The molecule has 0 aliphatic rings. The van der Waals surface area contributed by atoms with Gasteiger partial charge in [-0.3, -0.25) is 4.79 Å². The predicted molar refractivity (Wildman–Crippen MR) is 48.3 cm³/mol. The molecule has 0 unspecified atom stereocenters. The first-order chi connectivity index (χ1) is 6.15. The van der Waals surface area contributed by atoms with Crippen molar-refractivity contribution in [3.63, 3.8) is 0 Å². The Balaban J connectivity index is 3.12. The highest BCUT2D eigenvalue weighted by Crippen LogP contribution is 2.18. The average Bonchev–Trinajstić information content (AvgIpc) is 2.04. The molecule has 4 heteroatoms. The summed E-state index contributed by atoms with van der Waals surface area (Å²) >= 11 is 0. The molecule has 0 spiro atoms. The molecule has 0 bridgehead atoms. The molecule has 0 aromatic heterocycles. The highest BCUT2D eigenvalue weighted by Gasteiger charge is 2.06. The van der Waals surface area contributed by atoms with Gasteiger partial charge in [-0.1, -0.05) is 6.07 Å². The van der Waals surface area contributed by atoms with Gasteiger partial charge < -0.3 is 15.9 Å². The van der Waals surface area contributed by atoms with Gasteiger partial charge >= 0.3 is 0 Å². The molecular formula is C9H9NO3. The molecule has 0 saturated carbocycles. The van der Waals surface area contributed by atoms with Crippen LogP contribution in [0.4, 0.5) is 0 Å². The summed E-state index contributed by atoms with van der Waals surface area (Å²) in [7, 11) is 0. The van der Waals surface area contributed by atoms with Gasteiger partial charge in [-0.05, 0) is 23.8 Å². The van der Waals surface area contributed by atoms with Crippen LogP contribution in [0.1, 0.15) is 15.9 Å². The van der Waals surface area contributed by atoms with Gasteiger partial charge in [-0.15, -0.1) is 0 Å². The molecule has 68 valence electrons. The van der Waals surface area contributed by atoms with Crippen LogP contribution in [0.25, 0.3) is 6.08 Å². The van der Waals surface area contributed by atoms with Gasteiger partial charge in [-0.2, -0.15) is 0 Å². The van der Waals surface area contributed by atoms with Crippen LogP contribution in [0.15, 0.2) is 24.5 Å². The van der Waals surface area contributed by atoms with Gasteiger partial charge in [0.2, 0.25) is 0 Å². The maximum Gasteiger partial charge on any atom is 0.252 e. The van der Waals surface area contributed by atoms with E-state index in [0.717, 1.165) is 6.26 Å². The fourth-order valence-corrected chi connectivity index (χ4v) is 0.947. The van der Waals surface area contributed by atoms with Gasteiger partial charge in [0.05, 0.1) is 11.8 Å². The Labute approximate surface area is 74.9 Å². The van der Waals surface area contributed by atoms with Crippen molar-refractivity contribution in [1.82, 2.24) is 0 Å². The first-order valence-electron chi connectivity index (χ1n) is 3.58. The Bertz CT molecular complexity index is 358.